The molecule has 6 nitrogen and oxygen atoms in total. The molecule has 1 saturated carbocycles. The van der Waals surface area contributed by atoms with Crippen LogP contribution in [-0.2, 0) is 9.59 Å². The molecule has 0 unspecified atom stereocenters. The molecule has 0 spiro atoms. The lowest BCUT2D eigenvalue weighted by Crippen LogP contribution is -2.33. The number of amides is 2. The molecular formula is C21H34Cl2N4O2. The summed E-state index contributed by atoms with van der Waals surface area (Å²) >= 11 is 0. The molecule has 29 heavy (non-hydrogen) atoms. The number of nitrogens with two attached hydrogens (primary N) is 1. The van der Waals surface area contributed by atoms with Gasteiger partial charge in [-0.05, 0) is 69.0 Å². The molecule has 1 aliphatic carbocycles. The average Bonchev–Trinajstić information content (AvgIpc) is 2.88. The molecule has 1 aliphatic heterocycles. The zero-order chi connectivity index (χ0) is 19.1. The number of hydrogen-bond donors (Lipinski definition) is 3. The quantitative estimate of drug-likeness (QED) is 0.622. The lowest BCUT2D eigenvalue weighted by Gasteiger charge is -2.19. The van der Waals surface area contributed by atoms with Gasteiger partial charge in [-0.1, -0.05) is 19.3 Å². The molecule has 0 radical (unpaired) electrons. The second-order valence-electron chi connectivity index (χ2n) is 7.92. The van der Waals surface area contributed by atoms with Crippen molar-refractivity contribution >= 4 is 48.0 Å². The van der Waals surface area contributed by atoms with Gasteiger partial charge in [0.1, 0.15) is 0 Å². The highest BCUT2D eigenvalue weighted by molar-refractivity contribution is 5.93. The highest BCUT2D eigenvalue weighted by atomic mass is 35.5. The first-order valence-corrected chi connectivity index (χ1v) is 10.3. The minimum absolute atomic E-state index is 0. The average molecular weight is 445 g/mol. The Morgan fingerprint density at radius 3 is 1.93 bits per heavy atom. The molecule has 2 amide bonds. The fraction of sp³-hybridized carbons (Fsp3) is 0.619. The second-order valence-corrected chi connectivity index (χ2v) is 7.92. The molecule has 2 atom stereocenters. The zero-order valence-corrected chi connectivity index (χ0v) is 18.5. The monoisotopic (exact) mass is 444 g/mol. The summed E-state index contributed by atoms with van der Waals surface area (Å²) in [6.07, 6.45) is 8.53. The predicted molar refractivity (Wildman–Crippen MR) is 123 cm³/mol. The van der Waals surface area contributed by atoms with Crippen LogP contribution < -0.4 is 16.4 Å². The highest BCUT2D eigenvalue weighted by Crippen LogP contribution is 2.27. The molecule has 3 rings (SSSR count). The lowest BCUT2D eigenvalue weighted by molar-refractivity contribution is -0.118. The van der Waals surface area contributed by atoms with E-state index < -0.39 is 0 Å². The van der Waals surface area contributed by atoms with Gasteiger partial charge in [-0.3, -0.25) is 14.5 Å². The molecule has 2 fully saturated rings. The first-order chi connectivity index (χ1) is 13.1. The van der Waals surface area contributed by atoms with Crippen molar-refractivity contribution in [1.29, 1.82) is 0 Å². The number of rotatable bonds is 6. The van der Waals surface area contributed by atoms with Crippen molar-refractivity contribution in [2.45, 2.75) is 57.4 Å². The van der Waals surface area contributed by atoms with E-state index in [2.05, 4.69) is 15.5 Å². The summed E-state index contributed by atoms with van der Waals surface area (Å²) in [4.78, 5) is 26.7. The number of benzene rings is 1. The number of nitrogens with zero attached hydrogens (tertiary/aromatic N) is 1. The van der Waals surface area contributed by atoms with E-state index in [0.717, 1.165) is 43.7 Å². The van der Waals surface area contributed by atoms with Gasteiger partial charge in [0, 0.05) is 23.8 Å². The molecule has 1 aromatic carbocycles. The molecular weight excluding hydrogens is 411 g/mol. The number of hydrogen-bond acceptors (Lipinski definition) is 4. The third-order valence-electron chi connectivity index (χ3n) is 5.68. The summed E-state index contributed by atoms with van der Waals surface area (Å²) in [5.74, 6) is 0.321. The summed E-state index contributed by atoms with van der Waals surface area (Å²) < 4.78 is 0. The zero-order valence-electron chi connectivity index (χ0n) is 16.9. The van der Waals surface area contributed by atoms with Crippen LogP contribution in [0.3, 0.4) is 0 Å². The van der Waals surface area contributed by atoms with Crippen molar-refractivity contribution < 1.29 is 9.59 Å². The van der Waals surface area contributed by atoms with Gasteiger partial charge >= 0.3 is 0 Å². The van der Waals surface area contributed by atoms with E-state index in [1.54, 1.807) is 0 Å². The van der Waals surface area contributed by atoms with Gasteiger partial charge in [-0.2, -0.15) is 0 Å². The predicted octanol–water partition coefficient (Wildman–Crippen LogP) is 3.80. The van der Waals surface area contributed by atoms with Crippen LogP contribution in [0.2, 0.25) is 0 Å². The Bertz CT molecular complexity index is 634. The molecule has 1 aromatic rings. The maximum atomic E-state index is 12.2. The largest absolute Gasteiger partial charge is 0.327 e. The van der Waals surface area contributed by atoms with E-state index >= 15 is 0 Å². The molecule has 0 bridgehead atoms. The van der Waals surface area contributed by atoms with E-state index in [1.807, 2.05) is 24.3 Å². The highest BCUT2D eigenvalue weighted by Gasteiger charge is 2.26. The van der Waals surface area contributed by atoms with Crippen molar-refractivity contribution in [2.75, 3.05) is 30.3 Å². The molecule has 4 N–H and O–H groups in total. The topological polar surface area (TPSA) is 87.5 Å². The minimum atomic E-state index is 0. The Labute approximate surface area is 186 Å². The van der Waals surface area contributed by atoms with Crippen LogP contribution in [-0.4, -0.2) is 42.4 Å². The Morgan fingerprint density at radius 1 is 0.862 bits per heavy atom. The van der Waals surface area contributed by atoms with Gasteiger partial charge in [0.25, 0.3) is 0 Å². The van der Waals surface area contributed by atoms with Crippen LogP contribution in [0.25, 0.3) is 0 Å². The number of likely N-dealkylation sites (tertiary alicyclic amines) is 1. The van der Waals surface area contributed by atoms with Crippen LogP contribution in [0.1, 0.15) is 51.4 Å². The van der Waals surface area contributed by atoms with Crippen molar-refractivity contribution in [3.63, 3.8) is 0 Å². The smallest absolute Gasteiger partial charge is 0.238 e. The standard InChI is InChI=1S/C21H32N4O2.2ClH/c22-19-7-5-6-16(19)14-20(26)23-17-8-10-18(11-9-17)24-21(27)15-25-12-3-1-2-4-13-25;;/h8-11,16,19H,1-7,12-15,22H2,(H,23,26)(H,24,27);2*1H/t16-,19+;;/m0../s1. The SMILES string of the molecule is Cl.Cl.N[C@@H]1CCC[C@H]1CC(=O)Nc1ccc(NC(=O)CN2CCCCCC2)cc1. The van der Waals surface area contributed by atoms with Gasteiger partial charge in [0.2, 0.25) is 11.8 Å². The van der Waals surface area contributed by atoms with Crippen LogP contribution in [0.5, 0.6) is 0 Å². The molecule has 0 aromatic heterocycles. The Balaban J connectivity index is 0.00000210. The van der Waals surface area contributed by atoms with E-state index in [9.17, 15) is 9.59 Å². The van der Waals surface area contributed by atoms with Gasteiger partial charge in [-0.25, -0.2) is 0 Å². The van der Waals surface area contributed by atoms with E-state index in [4.69, 9.17) is 5.73 Å². The molecule has 1 saturated heterocycles. The fourth-order valence-corrected chi connectivity index (χ4v) is 4.10. The third kappa shape index (κ3) is 8.51. The summed E-state index contributed by atoms with van der Waals surface area (Å²) in [5, 5.41) is 5.87. The fourth-order valence-electron chi connectivity index (χ4n) is 4.10. The van der Waals surface area contributed by atoms with E-state index in [1.165, 1.54) is 25.7 Å². The molecule has 8 heteroatoms. The number of nitrogens with one attached hydrogen (secondary N) is 2. The first kappa shape index (κ1) is 25.7. The third-order valence-corrected chi connectivity index (χ3v) is 5.68. The number of carbonyl (C=O) groups is 2. The Kier molecular flexibility index (Phi) is 11.6. The molecule has 1 heterocycles. The van der Waals surface area contributed by atoms with Gasteiger partial charge in [-0.15, -0.1) is 24.8 Å². The molecule has 164 valence electrons. The summed E-state index contributed by atoms with van der Waals surface area (Å²) in [6, 6.07) is 7.47. The van der Waals surface area contributed by atoms with Crippen LogP contribution in [0.4, 0.5) is 11.4 Å². The van der Waals surface area contributed by atoms with Crippen LogP contribution in [0.15, 0.2) is 24.3 Å². The van der Waals surface area contributed by atoms with E-state index in [-0.39, 0.29) is 42.7 Å². The Hall–Kier alpha value is -1.34. The lowest BCUT2D eigenvalue weighted by atomic mass is 10.00. The van der Waals surface area contributed by atoms with Crippen molar-refractivity contribution in [3.05, 3.63) is 24.3 Å². The summed E-state index contributed by atoms with van der Waals surface area (Å²) in [6.45, 7) is 2.45. The van der Waals surface area contributed by atoms with Crippen LogP contribution >= 0.6 is 24.8 Å². The van der Waals surface area contributed by atoms with Gasteiger partial charge in [0.05, 0.1) is 6.54 Å². The maximum Gasteiger partial charge on any atom is 0.238 e. The number of halogens is 2. The van der Waals surface area contributed by atoms with Crippen molar-refractivity contribution in [2.24, 2.45) is 11.7 Å². The number of anilines is 2. The second kappa shape index (κ2) is 13.1. The maximum absolute atomic E-state index is 12.2. The van der Waals surface area contributed by atoms with E-state index in [0.29, 0.717) is 18.9 Å². The minimum Gasteiger partial charge on any atom is -0.327 e. The summed E-state index contributed by atoms with van der Waals surface area (Å²) in [5.41, 5.74) is 7.54. The van der Waals surface area contributed by atoms with Crippen molar-refractivity contribution in [1.82, 2.24) is 4.90 Å². The summed E-state index contributed by atoms with van der Waals surface area (Å²) in [7, 11) is 0. The van der Waals surface area contributed by atoms with Crippen molar-refractivity contribution in [3.8, 4) is 0 Å². The van der Waals surface area contributed by atoms with Gasteiger partial charge in [0.15, 0.2) is 0 Å². The number of carbonyl (C=O) groups excluding carboxylic acids is 2. The first-order valence-electron chi connectivity index (χ1n) is 10.3. The normalized spacial score (nSPS) is 22.0. The molecule has 2 aliphatic rings. The van der Waals surface area contributed by atoms with Gasteiger partial charge < -0.3 is 16.4 Å². The Morgan fingerprint density at radius 2 is 1.41 bits per heavy atom. The van der Waals surface area contributed by atoms with Crippen LogP contribution in [0, 0.1) is 5.92 Å².